The van der Waals surface area contributed by atoms with Gasteiger partial charge in [0.2, 0.25) is 35.2 Å². The van der Waals surface area contributed by atoms with Crippen molar-refractivity contribution in [3.63, 3.8) is 0 Å². The minimum absolute atomic E-state index is 0.0907. The van der Waals surface area contributed by atoms with Crippen LogP contribution in [0.5, 0.6) is 0 Å². The molecule has 23 N–H and O–H groups in total. The van der Waals surface area contributed by atoms with E-state index in [0.29, 0.717) is 12.8 Å². The third-order valence-electron chi connectivity index (χ3n) is 24.0. The van der Waals surface area contributed by atoms with Crippen LogP contribution in [-0.2, 0) is 85.6 Å². The molecule has 6 aliphatic rings. The molecule has 738 valence electrons. The van der Waals surface area contributed by atoms with Crippen LogP contribution in [0.3, 0.4) is 0 Å². The molecule has 0 bridgehead atoms. The van der Waals surface area contributed by atoms with Crippen molar-refractivity contribution >= 4 is 35.6 Å². The number of aliphatic hydroxyl groups excluding tert-OH is 19. The van der Waals surface area contributed by atoms with Crippen molar-refractivity contribution in [2.45, 2.75) is 435 Å². The number of hydrogen-bond donors (Lipinski definition) is 23. The number of nitrogens with one attached hydrogen (secondary N) is 4. The maximum absolute atomic E-state index is 13.9. The highest BCUT2D eigenvalue weighted by Crippen LogP contribution is 2.43. The summed E-state index contributed by atoms with van der Waals surface area (Å²) < 4.78 is 72.0. The highest BCUT2D eigenvalue weighted by molar-refractivity contribution is 5.77. The lowest BCUT2D eigenvalue weighted by Gasteiger charge is -2.54. The zero-order valence-electron chi connectivity index (χ0n) is 73.5. The molecule has 0 spiro atoms. The molecule has 0 saturated carbocycles. The van der Waals surface area contributed by atoms with Crippen LogP contribution < -0.4 is 31.5 Å². The summed E-state index contributed by atoms with van der Waals surface area (Å²) in [6, 6.07) is -7.03. The maximum atomic E-state index is 13.9. The third kappa shape index (κ3) is 32.6. The molecule has 6 fully saturated rings. The molecule has 43 nitrogen and oxygen atoms in total. The van der Waals surface area contributed by atoms with Crippen molar-refractivity contribution in [2.75, 3.05) is 46.2 Å². The Bertz CT molecular complexity index is 3200. The summed E-state index contributed by atoms with van der Waals surface area (Å²) in [7, 11) is 0. The first kappa shape index (κ1) is 111. The second-order valence-electron chi connectivity index (χ2n) is 34.2. The number of ether oxygens (including phenoxy) is 12. The van der Waals surface area contributed by atoms with Gasteiger partial charge in [0.15, 0.2) is 25.2 Å². The Morgan fingerprint density at radius 2 is 0.780 bits per heavy atom. The third-order valence-corrected chi connectivity index (χ3v) is 24.0. The van der Waals surface area contributed by atoms with E-state index in [1.807, 2.05) is 0 Å². The fraction of sp³-hybridized carbons (Fsp3) is 0.905. The molecule has 6 rings (SSSR count). The number of hydrogen-bond acceptors (Lipinski definition) is 39. The summed E-state index contributed by atoms with van der Waals surface area (Å²) in [5.41, 5.74) is 0. The van der Waals surface area contributed by atoms with E-state index >= 15 is 0 Å². The average Bonchev–Trinajstić information content (AvgIpc) is 0.749. The fourth-order valence-electron chi connectivity index (χ4n) is 16.9. The molecule has 6 heterocycles. The van der Waals surface area contributed by atoms with E-state index in [0.717, 1.165) is 85.0 Å². The number of allylic oxidation sites excluding steroid dienone is 1. The van der Waals surface area contributed by atoms with Crippen LogP contribution in [0.1, 0.15) is 227 Å². The molecular formula is C84H146N4O39-2. The number of carbonyl (C=O) groups is 6. The van der Waals surface area contributed by atoms with E-state index in [1.165, 1.54) is 102 Å². The predicted molar refractivity (Wildman–Crippen MR) is 435 cm³/mol. The molecular weight excluding hydrogens is 1690 g/mol. The van der Waals surface area contributed by atoms with Crippen molar-refractivity contribution in [3.05, 3.63) is 12.2 Å². The summed E-state index contributed by atoms with van der Waals surface area (Å²) >= 11 is 0. The molecule has 43 heteroatoms. The Morgan fingerprint density at radius 3 is 1.20 bits per heavy atom. The second-order valence-corrected chi connectivity index (χ2v) is 34.2. The summed E-state index contributed by atoms with van der Waals surface area (Å²) in [5.74, 6) is -15.3. The van der Waals surface area contributed by atoms with E-state index in [2.05, 4.69) is 35.1 Å². The summed E-state index contributed by atoms with van der Waals surface area (Å²) in [6.07, 6.45) is -33.2. The van der Waals surface area contributed by atoms with Crippen LogP contribution in [0.4, 0.5) is 0 Å². The van der Waals surface area contributed by atoms with Crippen LogP contribution >= 0.6 is 0 Å². The molecule has 0 aromatic carbocycles. The molecule has 0 unspecified atom stereocenters. The average molecular weight is 1840 g/mol. The predicted octanol–water partition coefficient (Wildman–Crippen LogP) is -6.54. The van der Waals surface area contributed by atoms with E-state index in [9.17, 15) is 136 Å². The lowest BCUT2D eigenvalue weighted by molar-refractivity contribution is -0.422. The number of amides is 4. The van der Waals surface area contributed by atoms with Crippen LogP contribution in [0.25, 0.3) is 0 Å². The lowest BCUT2D eigenvalue weighted by atomic mass is 9.88. The first-order valence-electron chi connectivity index (χ1n) is 45.2. The number of carboxylic acid groups (broad SMARTS) is 2. The number of aliphatic carboxylic acids is 2. The minimum Gasteiger partial charge on any atom is -0.544 e. The highest BCUT2D eigenvalue weighted by Gasteiger charge is 2.62. The zero-order chi connectivity index (χ0) is 93.8. The molecule has 6 saturated heterocycles. The van der Waals surface area contributed by atoms with Gasteiger partial charge in [-0.05, 0) is 19.3 Å². The van der Waals surface area contributed by atoms with Gasteiger partial charge >= 0.3 is 0 Å². The van der Waals surface area contributed by atoms with Crippen LogP contribution in [0.15, 0.2) is 12.2 Å². The standard InChI is InChI=1S/C84H148N4O39/c1-6-8-10-12-14-16-18-20-21-23-25-27-29-31-33-35-58(103)88-48(49(98)34-32-30-28-26-24-22-19-17-15-13-11-9-7-2)44-116-78-67(109)66(108)70(56(42-93)119-78)121-80-69(111)76(127-84(82(114)115)37-51(100)60(86-46(4)96)74(125-84)63(105)53(102)39-90)71(57(43-94)120-80)122-77-61(87-47(5)97)72(64(106)54(40-91)117-77)123-79-68(110)75(65(107)55(41-92)118-79)126-83(81(112)113)36-50(99)59(85-45(3)95)73(124-83)62(104)52(101)38-89/h32,34,48-57,59-80,89-94,98-102,104-111H,6-31,33,35-44H2,1-5H3,(H,85,95)(H,86,96)(H,87,97)(H,88,103)(H,112,113)(H,114,115)/p-2/b34-32+/t48-,49+,50-,51-,52+,53+,54+,55+,56+,57+,59+,60+,61+,62+,63+,64-,65-,66+,67+,68+,69+,70+,71-,72+,73+,74+,75-,76+,77-,78+,79-,80-,83-,84-/m0/s1. The Hall–Kier alpha value is -4.68. The SMILES string of the molecule is CCCCCCCCCCCCC/C=C/[C@@H](O)[C@H](CO[C@@H]1O[C@H](CO)[C@@H](O[C@@H]2O[C@H](CO)[C@H](O[C@@H]3O[C@H](CO)[C@H](O)[C@H](O[C@@H]4O[C@H](CO)[C@H](O)[C@H](O[C@]5(C(=O)[O-])C[C@H](O)[C@@H](NC(C)=O)[C@H]([C@H](O)[C@H](O)CO)O5)[C@H]4O)[C@H]3NC(C)=O)[C@H](O[C@]3(C(=O)[O-])C[C@H](O)[C@@H](NC(C)=O)[C@H]([C@H](O)[C@H](O)CO)O3)[C@H]2O)[C@H](O)[C@H]1O)NC(=O)CCCCCCCCCCCCCCCCC. The van der Waals surface area contributed by atoms with Crippen molar-refractivity contribution in [3.8, 4) is 0 Å². The summed E-state index contributed by atoms with van der Waals surface area (Å²) in [6.45, 7) is -0.992. The topological polar surface area (TPSA) is 692 Å². The van der Waals surface area contributed by atoms with Crippen molar-refractivity contribution < 1.29 is 193 Å². The van der Waals surface area contributed by atoms with Gasteiger partial charge in [0, 0.05) is 40.0 Å². The normalized spacial score (nSPS) is 35.1. The van der Waals surface area contributed by atoms with E-state index in [1.54, 1.807) is 6.08 Å². The molecule has 0 aromatic rings. The first-order valence-corrected chi connectivity index (χ1v) is 45.2. The van der Waals surface area contributed by atoms with Gasteiger partial charge in [-0.1, -0.05) is 180 Å². The van der Waals surface area contributed by atoms with E-state index in [4.69, 9.17) is 56.8 Å². The monoisotopic (exact) mass is 1830 g/mol. The number of aliphatic hydroxyl groups is 19. The molecule has 4 amide bonds. The van der Waals surface area contributed by atoms with Gasteiger partial charge in [-0.3, -0.25) is 19.2 Å². The van der Waals surface area contributed by atoms with Crippen molar-refractivity contribution in [2.24, 2.45) is 0 Å². The zero-order valence-corrected chi connectivity index (χ0v) is 73.5. The lowest BCUT2D eigenvalue weighted by Crippen LogP contribution is -2.73. The molecule has 0 aliphatic carbocycles. The van der Waals surface area contributed by atoms with Gasteiger partial charge in [-0.15, -0.1) is 0 Å². The number of carboxylic acids is 2. The fourth-order valence-corrected chi connectivity index (χ4v) is 16.9. The van der Waals surface area contributed by atoms with Crippen LogP contribution in [0, 0.1) is 0 Å². The van der Waals surface area contributed by atoms with Crippen molar-refractivity contribution in [1.29, 1.82) is 0 Å². The quantitative estimate of drug-likeness (QED) is 0.0199. The largest absolute Gasteiger partial charge is 0.544 e. The smallest absolute Gasteiger partial charge is 0.220 e. The number of unbranched alkanes of at least 4 members (excludes halogenated alkanes) is 25. The Morgan fingerprint density at radius 1 is 0.417 bits per heavy atom. The Kier molecular flexibility index (Phi) is 49.4. The van der Waals surface area contributed by atoms with E-state index < -0.39 is 302 Å². The minimum atomic E-state index is -3.61. The highest BCUT2D eigenvalue weighted by atomic mass is 16.8. The maximum Gasteiger partial charge on any atom is 0.220 e. The number of carbonyl (C=O) groups excluding carboxylic acids is 6. The molecule has 0 radical (unpaired) electrons. The molecule has 127 heavy (non-hydrogen) atoms. The van der Waals surface area contributed by atoms with Gasteiger partial charge in [0.05, 0.1) is 82.7 Å². The Labute approximate surface area is 740 Å². The van der Waals surface area contributed by atoms with E-state index in [-0.39, 0.29) is 6.42 Å². The molecule has 6 aliphatic heterocycles. The van der Waals surface area contributed by atoms with Gasteiger partial charge < -0.3 is 195 Å². The van der Waals surface area contributed by atoms with Crippen molar-refractivity contribution in [1.82, 2.24) is 21.3 Å². The summed E-state index contributed by atoms with van der Waals surface area (Å²) in [5, 5.41) is 252. The number of rotatable bonds is 59. The summed E-state index contributed by atoms with van der Waals surface area (Å²) in [4.78, 5) is 79.3. The first-order chi connectivity index (χ1) is 60.6. The van der Waals surface area contributed by atoms with Gasteiger partial charge in [-0.2, -0.15) is 0 Å². The second kappa shape index (κ2) is 56.5. The van der Waals surface area contributed by atoms with Gasteiger partial charge in [0.25, 0.3) is 0 Å². The van der Waals surface area contributed by atoms with Gasteiger partial charge in [-0.25, -0.2) is 0 Å². The molecule has 0 aromatic heterocycles. The van der Waals surface area contributed by atoms with Crippen LogP contribution in [-0.4, -0.2) is 386 Å². The van der Waals surface area contributed by atoms with Gasteiger partial charge in [0.1, 0.15) is 146 Å². The van der Waals surface area contributed by atoms with Crippen LogP contribution in [0.2, 0.25) is 0 Å². The molecule has 34 atom stereocenters. The Balaban J connectivity index is 1.30.